The van der Waals surface area contributed by atoms with Gasteiger partial charge in [0.15, 0.2) is 5.13 Å². The molecule has 0 radical (unpaired) electrons. The van der Waals surface area contributed by atoms with Gasteiger partial charge in [-0.1, -0.05) is 42.7 Å². The zero-order valence-corrected chi connectivity index (χ0v) is 12.8. The van der Waals surface area contributed by atoms with Crippen LogP contribution in [0.15, 0.2) is 18.2 Å². The summed E-state index contributed by atoms with van der Waals surface area (Å²) in [6.45, 7) is 3.36. The van der Waals surface area contributed by atoms with E-state index in [0.717, 1.165) is 26.9 Å². The normalized spacial score (nSPS) is 18.0. The van der Waals surface area contributed by atoms with Crippen LogP contribution >= 0.6 is 22.9 Å². The largest absolute Gasteiger partial charge is 0.361 e. The van der Waals surface area contributed by atoms with Crippen LogP contribution in [-0.2, 0) is 0 Å². The molecule has 1 fully saturated rings. The molecule has 1 aromatic carbocycles. The Balaban J connectivity index is 1.74. The lowest BCUT2D eigenvalue weighted by molar-refractivity contribution is 0.307. The summed E-state index contributed by atoms with van der Waals surface area (Å²) in [5, 5.41) is 5.36. The van der Waals surface area contributed by atoms with Gasteiger partial charge >= 0.3 is 0 Å². The molecule has 1 N–H and O–H groups in total. The van der Waals surface area contributed by atoms with E-state index < -0.39 is 0 Å². The molecule has 1 aliphatic rings. The van der Waals surface area contributed by atoms with Gasteiger partial charge in [-0.3, -0.25) is 0 Å². The fourth-order valence-electron chi connectivity index (χ4n) is 3.02. The monoisotopic (exact) mass is 294 g/mol. The zero-order valence-electron chi connectivity index (χ0n) is 11.2. The number of halogens is 1. The standard InChI is InChI=1S/C15H19ClN2S/c1-2-15(7-3-4-8-15)10-17-14-18-12-6-5-11(16)9-13(12)19-14/h5-6,9H,2-4,7-8,10H2,1H3,(H,17,18). The van der Waals surface area contributed by atoms with Crippen LogP contribution in [0.2, 0.25) is 5.02 Å². The third kappa shape index (κ3) is 2.72. The second kappa shape index (κ2) is 5.29. The van der Waals surface area contributed by atoms with Gasteiger partial charge in [-0.05, 0) is 42.9 Å². The maximum absolute atomic E-state index is 6.01. The van der Waals surface area contributed by atoms with Crippen molar-refractivity contribution in [3.63, 3.8) is 0 Å². The molecule has 0 spiro atoms. The second-order valence-corrected chi connectivity index (χ2v) is 7.01. The predicted octanol–water partition coefficient (Wildman–Crippen LogP) is 5.33. The molecule has 3 rings (SSSR count). The topological polar surface area (TPSA) is 24.9 Å². The highest BCUT2D eigenvalue weighted by atomic mass is 35.5. The van der Waals surface area contributed by atoms with Gasteiger partial charge in [0, 0.05) is 11.6 Å². The Labute approximate surface area is 123 Å². The Kier molecular flexibility index (Phi) is 3.68. The summed E-state index contributed by atoms with van der Waals surface area (Å²) in [5.74, 6) is 0. The van der Waals surface area contributed by atoms with E-state index in [2.05, 4.69) is 17.2 Å². The van der Waals surface area contributed by atoms with E-state index in [0.29, 0.717) is 5.41 Å². The number of fused-ring (bicyclic) bond motifs is 1. The molecular formula is C15H19ClN2S. The third-order valence-corrected chi connectivity index (χ3v) is 5.59. The van der Waals surface area contributed by atoms with Crippen molar-refractivity contribution in [1.82, 2.24) is 4.98 Å². The van der Waals surface area contributed by atoms with Crippen LogP contribution in [-0.4, -0.2) is 11.5 Å². The van der Waals surface area contributed by atoms with Gasteiger partial charge in [-0.25, -0.2) is 4.98 Å². The molecule has 0 aliphatic heterocycles. The van der Waals surface area contributed by atoms with Gasteiger partial charge in [0.2, 0.25) is 0 Å². The van der Waals surface area contributed by atoms with Crippen LogP contribution in [0.1, 0.15) is 39.0 Å². The number of hydrogen-bond acceptors (Lipinski definition) is 3. The lowest BCUT2D eigenvalue weighted by Gasteiger charge is -2.27. The molecule has 1 aliphatic carbocycles. The van der Waals surface area contributed by atoms with Crippen molar-refractivity contribution >= 4 is 38.3 Å². The van der Waals surface area contributed by atoms with Crippen molar-refractivity contribution in [2.75, 3.05) is 11.9 Å². The summed E-state index contributed by atoms with van der Waals surface area (Å²) >= 11 is 7.71. The number of rotatable bonds is 4. The number of thiazole rings is 1. The van der Waals surface area contributed by atoms with Crippen molar-refractivity contribution in [2.45, 2.75) is 39.0 Å². The van der Waals surface area contributed by atoms with E-state index in [1.165, 1.54) is 32.1 Å². The number of benzene rings is 1. The fraction of sp³-hybridized carbons (Fsp3) is 0.533. The number of hydrogen-bond donors (Lipinski definition) is 1. The van der Waals surface area contributed by atoms with Gasteiger partial charge in [0.1, 0.15) is 0 Å². The number of nitrogens with one attached hydrogen (secondary N) is 1. The van der Waals surface area contributed by atoms with E-state index in [1.807, 2.05) is 18.2 Å². The minimum absolute atomic E-state index is 0.496. The van der Waals surface area contributed by atoms with Crippen molar-refractivity contribution in [2.24, 2.45) is 5.41 Å². The van der Waals surface area contributed by atoms with Crippen molar-refractivity contribution in [3.05, 3.63) is 23.2 Å². The summed E-state index contributed by atoms with van der Waals surface area (Å²) in [7, 11) is 0. The van der Waals surface area contributed by atoms with Crippen LogP contribution in [0.3, 0.4) is 0 Å². The molecule has 4 heteroatoms. The fourth-order valence-corrected chi connectivity index (χ4v) is 4.16. The molecule has 0 unspecified atom stereocenters. The van der Waals surface area contributed by atoms with Crippen LogP contribution in [0.5, 0.6) is 0 Å². The molecule has 1 aromatic heterocycles. The summed E-state index contributed by atoms with van der Waals surface area (Å²) < 4.78 is 1.16. The summed E-state index contributed by atoms with van der Waals surface area (Å²) in [6, 6.07) is 5.88. The van der Waals surface area contributed by atoms with Crippen LogP contribution in [0.4, 0.5) is 5.13 Å². The number of anilines is 1. The molecule has 0 saturated heterocycles. The minimum atomic E-state index is 0.496. The number of aromatic nitrogens is 1. The van der Waals surface area contributed by atoms with E-state index in [-0.39, 0.29) is 0 Å². The zero-order chi connectivity index (χ0) is 13.3. The van der Waals surface area contributed by atoms with Crippen LogP contribution in [0.25, 0.3) is 10.2 Å². The van der Waals surface area contributed by atoms with Gasteiger partial charge in [0.05, 0.1) is 10.2 Å². The lowest BCUT2D eigenvalue weighted by Crippen LogP contribution is -2.25. The van der Waals surface area contributed by atoms with Gasteiger partial charge in [-0.15, -0.1) is 0 Å². The molecule has 2 aromatic rings. The highest BCUT2D eigenvalue weighted by Gasteiger charge is 2.31. The van der Waals surface area contributed by atoms with Gasteiger partial charge < -0.3 is 5.32 Å². The molecule has 0 atom stereocenters. The van der Waals surface area contributed by atoms with Crippen molar-refractivity contribution in [1.29, 1.82) is 0 Å². The number of nitrogens with zero attached hydrogens (tertiary/aromatic N) is 1. The Morgan fingerprint density at radius 1 is 1.37 bits per heavy atom. The van der Waals surface area contributed by atoms with Crippen molar-refractivity contribution in [3.8, 4) is 0 Å². The maximum Gasteiger partial charge on any atom is 0.183 e. The highest BCUT2D eigenvalue weighted by molar-refractivity contribution is 7.22. The van der Waals surface area contributed by atoms with E-state index in [9.17, 15) is 0 Å². The first-order valence-corrected chi connectivity index (χ1v) is 8.20. The molecule has 1 saturated carbocycles. The molecule has 0 bridgehead atoms. The highest BCUT2D eigenvalue weighted by Crippen LogP contribution is 2.41. The second-order valence-electron chi connectivity index (χ2n) is 5.55. The summed E-state index contributed by atoms with van der Waals surface area (Å²) in [4.78, 5) is 4.63. The third-order valence-electron chi connectivity index (χ3n) is 4.38. The minimum Gasteiger partial charge on any atom is -0.361 e. The first-order chi connectivity index (χ1) is 9.21. The van der Waals surface area contributed by atoms with E-state index in [1.54, 1.807) is 11.3 Å². The molecular weight excluding hydrogens is 276 g/mol. The average molecular weight is 295 g/mol. The smallest absolute Gasteiger partial charge is 0.183 e. The SMILES string of the molecule is CCC1(CNc2nc3ccc(Cl)cc3s2)CCCC1. The first-order valence-electron chi connectivity index (χ1n) is 7.01. The maximum atomic E-state index is 6.01. The average Bonchev–Trinajstić information content (AvgIpc) is 3.02. The Bertz CT molecular complexity index is 573. The van der Waals surface area contributed by atoms with Crippen LogP contribution < -0.4 is 5.32 Å². The van der Waals surface area contributed by atoms with Gasteiger partial charge in [-0.2, -0.15) is 0 Å². The molecule has 102 valence electrons. The summed E-state index contributed by atoms with van der Waals surface area (Å²) in [6.07, 6.45) is 6.73. The van der Waals surface area contributed by atoms with Crippen molar-refractivity contribution < 1.29 is 0 Å². The first kappa shape index (κ1) is 13.2. The summed E-state index contributed by atoms with van der Waals surface area (Å²) in [5.41, 5.74) is 1.53. The molecule has 19 heavy (non-hydrogen) atoms. The quantitative estimate of drug-likeness (QED) is 0.824. The molecule has 0 amide bonds. The van der Waals surface area contributed by atoms with E-state index in [4.69, 9.17) is 11.6 Å². The predicted molar refractivity (Wildman–Crippen MR) is 84.3 cm³/mol. The lowest BCUT2D eigenvalue weighted by atomic mass is 9.83. The van der Waals surface area contributed by atoms with Crippen LogP contribution in [0, 0.1) is 5.41 Å². The van der Waals surface area contributed by atoms with E-state index >= 15 is 0 Å². The molecule has 2 nitrogen and oxygen atoms in total. The molecule has 1 heterocycles. The Morgan fingerprint density at radius 3 is 2.89 bits per heavy atom. The Morgan fingerprint density at radius 2 is 2.16 bits per heavy atom. The Hall–Kier alpha value is -0.800. The van der Waals surface area contributed by atoms with Gasteiger partial charge in [0.25, 0.3) is 0 Å².